The van der Waals surface area contributed by atoms with Gasteiger partial charge in [-0.2, -0.15) is 0 Å². The summed E-state index contributed by atoms with van der Waals surface area (Å²) in [5.74, 6) is -2.18. The predicted molar refractivity (Wildman–Crippen MR) is 381 cm³/mol. The molecular formula is C75H138O17P2. The van der Waals surface area contributed by atoms with Crippen LogP contribution >= 0.6 is 15.6 Å². The molecule has 0 aromatic rings. The molecule has 0 aromatic heterocycles. The Morgan fingerprint density at radius 3 is 0.872 bits per heavy atom. The molecule has 0 bridgehead atoms. The Balaban J connectivity index is 5.29. The number of aliphatic hydroxyl groups is 1. The van der Waals surface area contributed by atoms with Crippen molar-refractivity contribution < 1.29 is 80.2 Å². The highest BCUT2D eigenvalue weighted by Gasteiger charge is 2.30. The fourth-order valence-corrected chi connectivity index (χ4v) is 12.0. The Bertz CT molecular complexity index is 1980. The van der Waals surface area contributed by atoms with Crippen molar-refractivity contribution in [3.05, 3.63) is 48.6 Å². The third-order valence-corrected chi connectivity index (χ3v) is 18.1. The Morgan fingerprint density at radius 1 is 0.298 bits per heavy atom. The van der Waals surface area contributed by atoms with Crippen molar-refractivity contribution in [3.63, 3.8) is 0 Å². The SMILES string of the molecule is CCC/C=C\C/C=C\CCCCCCCC(=O)OC(COC(=O)CCCCCCCCCCCCCCCCC)COP(=O)(O)OCC(O)COP(=O)(O)OCC(COC(=O)CCCCCCC/C=C\CCCCCCCC)OC(=O)CCCCCCC/C=C\CCCC. The largest absolute Gasteiger partial charge is 0.472 e. The van der Waals surface area contributed by atoms with Gasteiger partial charge in [0.1, 0.15) is 19.3 Å². The number of hydrogen-bond donors (Lipinski definition) is 3. The Morgan fingerprint density at radius 2 is 0.553 bits per heavy atom. The van der Waals surface area contributed by atoms with Crippen molar-refractivity contribution >= 4 is 39.5 Å². The number of phosphoric ester groups is 2. The molecule has 5 unspecified atom stereocenters. The second-order valence-corrected chi connectivity index (χ2v) is 28.5. The number of rotatable bonds is 72. The minimum absolute atomic E-state index is 0.0844. The number of phosphoric acid groups is 2. The molecule has 0 saturated heterocycles. The van der Waals surface area contributed by atoms with Crippen molar-refractivity contribution in [1.29, 1.82) is 0 Å². The van der Waals surface area contributed by atoms with E-state index in [1.807, 2.05) is 0 Å². The highest BCUT2D eigenvalue weighted by atomic mass is 31.2. The third kappa shape index (κ3) is 67.6. The zero-order valence-corrected chi connectivity index (χ0v) is 61.7. The van der Waals surface area contributed by atoms with E-state index >= 15 is 0 Å². The van der Waals surface area contributed by atoms with Gasteiger partial charge in [-0.15, -0.1) is 0 Å². The monoisotopic (exact) mass is 1370 g/mol. The van der Waals surface area contributed by atoms with E-state index in [1.54, 1.807) is 0 Å². The predicted octanol–water partition coefficient (Wildman–Crippen LogP) is 21.3. The van der Waals surface area contributed by atoms with Crippen LogP contribution in [-0.4, -0.2) is 96.7 Å². The van der Waals surface area contributed by atoms with Crippen molar-refractivity contribution in [2.45, 2.75) is 367 Å². The van der Waals surface area contributed by atoms with Crippen LogP contribution in [0, 0.1) is 0 Å². The molecule has 94 heavy (non-hydrogen) atoms. The van der Waals surface area contributed by atoms with Crippen LogP contribution in [0.15, 0.2) is 48.6 Å². The number of esters is 4. The van der Waals surface area contributed by atoms with Crippen LogP contribution in [0.25, 0.3) is 0 Å². The van der Waals surface area contributed by atoms with Crippen LogP contribution in [0.1, 0.15) is 349 Å². The highest BCUT2D eigenvalue weighted by molar-refractivity contribution is 7.47. The molecule has 0 saturated carbocycles. The van der Waals surface area contributed by atoms with Crippen molar-refractivity contribution in [2.24, 2.45) is 0 Å². The van der Waals surface area contributed by atoms with E-state index in [0.29, 0.717) is 25.7 Å². The average Bonchev–Trinajstić information content (AvgIpc) is 1.22. The first-order valence-electron chi connectivity index (χ1n) is 37.9. The molecule has 0 heterocycles. The lowest BCUT2D eigenvalue weighted by molar-refractivity contribution is -0.161. The summed E-state index contributed by atoms with van der Waals surface area (Å²) in [6.45, 7) is 4.78. The van der Waals surface area contributed by atoms with Gasteiger partial charge in [0.2, 0.25) is 0 Å². The summed E-state index contributed by atoms with van der Waals surface area (Å²) >= 11 is 0. The van der Waals surface area contributed by atoms with E-state index in [4.69, 9.17) is 37.0 Å². The van der Waals surface area contributed by atoms with Crippen LogP contribution in [0.2, 0.25) is 0 Å². The van der Waals surface area contributed by atoms with Crippen LogP contribution in [0.4, 0.5) is 0 Å². The zero-order valence-electron chi connectivity index (χ0n) is 59.9. The third-order valence-electron chi connectivity index (χ3n) is 16.2. The van der Waals surface area contributed by atoms with Gasteiger partial charge in [0.05, 0.1) is 26.4 Å². The minimum atomic E-state index is -4.97. The number of carbonyl (C=O) groups is 4. The van der Waals surface area contributed by atoms with Gasteiger partial charge in [-0.05, 0) is 96.3 Å². The quantitative estimate of drug-likeness (QED) is 0.0169. The summed E-state index contributed by atoms with van der Waals surface area (Å²) in [5, 5.41) is 10.6. The first-order valence-corrected chi connectivity index (χ1v) is 40.9. The number of aliphatic hydroxyl groups excluding tert-OH is 1. The smallest absolute Gasteiger partial charge is 0.462 e. The van der Waals surface area contributed by atoms with Gasteiger partial charge in [0, 0.05) is 25.7 Å². The standard InChI is InChI=1S/C75H138O17P2/c1-5-9-13-17-21-25-29-32-34-37-40-43-47-51-55-59-72(77)85-65-70(91-74(79)61-57-53-49-45-39-28-24-20-16-12-8-4)67-89-93(81,82)87-63-69(76)64-88-94(83,84)90-68-71(92-75(80)62-58-54-50-46-42-36-31-27-23-19-15-11-7-3)66-86-73(78)60-56-52-48-44-41-38-35-33-30-26-22-18-14-10-6-2/h15,19-20,24,27,31-32,34,69-71,76H,5-14,16-18,21-23,25-26,28-30,33,35-68H2,1-4H3,(H,81,82)(H,83,84)/b19-15-,24-20-,31-27-,34-32-. The first kappa shape index (κ1) is 91.0. The van der Waals surface area contributed by atoms with Gasteiger partial charge in [0.25, 0.3) is 0 Å². The molecule has 0 spiro atoms. The summed E-state index contributed by atoms with van der Waals surface area (Å²) in [4.78, 5) is 72.7. The molecule has 5 atom stereocenters. The molecule has 0 radical (unpaired) electrons. The van der Waals surface area contributed by atoms with E-state index in [1.165, 1.54) is 122 Å². The maximum absolute atomic E-state index is 13.0. The topological polar surface area (TPSA) is 237 Å². The van der Waals surface area contributed by atoms with Crippen molar-refractivity contribution in [2.75, 3.05) is 39.6 Å². The summed E-state index contributed by atoms with van der Waals surface area (Å²) in [5.41, 5.74) is 0. The summed E-state index contributed by atoms with van der Waals surface area (Å²) < 4.78 is 68.4. The van der Waals surface area contributed by atoms with Gasteiger partial charge < -0.3 is 33.8 Å². The molecule has 0 fully saturated rings. The van der Waals surface area contributed by atoms with E-state index in [9.17, 15) is 43.2 Å². The lowest BCUT2D eigenvalue weighted by atomic mass is 10.0. The normalized spacial score (nSPS) is 14.2. The number of allylic oxidation sites excluding steroid dienone is 8. The first-order chi connectivity index (χ1) is 45.7. The molecule has 17 nitrogen and oxygen atoms in total. The molecule has 0 amide bonds. The molecule has 0 rings (SSSR count). The molecule has 3 N–H and O–H groups in total. The maximum atomic E-state index is 13.0. The molecular weight excluding hydrogens is 1230 g/mol. The fourth-order valence-electron chi connectivity index (χ4n) is 10.4. The number of unbranched alkanes of at least 4 members (excludes halogenated alkanes) is 38. The average molecular weight is 1370 g/mol. The van der Waals surface area contributed by atoms with Gasteiger partial charge in [-0.1, -0.05) is 275 Å². The van der Waals surface area contributed by atoms with E-state index in [0.717, 1.165) is 148 Å². The van der Waals surface area contributed by atoms with Crippen molar-refractivity contribution in [1.82, 2.24) is 0 Å². The zero-order chi connectivity index (χ0) is 69.0. The molecule has 0 aliphatic heterocycles. The molecule has 19 heteroatoms. The molecule has 550 valence electrons. The van der Waals surface area contributed by atoms with Crippen LogP contribution < -0.4 is 0 Å². The summed E-state index contributed by atoms with van der Waals surface area (Å²) in [7, 11) is -9.93. The van der Waals surface area contributed by atoms with E-state index in [2.05, 4.69) is 76.3 Å². The van der Waals surface area contributed by atoms with E-state index in [-0.39, 0.29) is 25.7 Å². The second kappa shape index (κ2) is 68.5. The van der Waals surface area contributed by atoms with Crippen LogP contribution in [0.5, 0.6) is 0 Å². The fraction of sp³-hybridized carbons (Fsp3) is 0.840. The molecule has 0 aliphatic carbocycles. The molecule has 0 aromatic carbocycles. The lowest BCUT2D eigenvalue weighted by Gasteiger charge is -2.21. The minimum Gasteiger partial charge on any atom is -0.462 e. The lowest BCUT2D eigenvalue weighted by Crippen LogP contribution is -2.30. The van der Waals surface area contributed by atoms with Crippen molar-refractivity contribution in [3.8, 4) is 0 Å². The van der Waals surface area contributed by atoms with Crippen LogP contribution in [0.3, 0.4) is 0 Å². The Labute approximate surface area is 572 Å². The highest BCUT2D eigenvalue weighted by Crippen LogP contribution is 2.45. The number of carbonyl (C=O) groups excluding carboxylic acids is 4. The Hall–Kier alpha value is -2.98. The summed E-state index contributed by atoms with van der Waals surface area (Å²) in [6, 6.07) is 0. The number of ether oxygens (including phenoxy) is 4. The second-order valence-electron chi connectivity index (χ2n) is 25.6. The maximum Gasteiger partial charge on any atom is 0.472 e. The molecule has 0 aliphatic rings. The van der Waals surface area contributed by atoms with Gasteiger partial charge >= 0.3 is 39.5 Å². The summed E-state index contributed by atoms with van der Waals surface area (Å²) in [6.07, 6.45) is 63.9. The Kier molecular flexibility index (Phi) is 66.4. The van der Waals surface area contributed by atoms with Gasteiger partial charge in [-0.3, -0.25) is 37.3 Å². The van der Waals surface area contributed by atoms with E-state index < -0.39 is 97.5 Å². The van der Waals surface area contributed by atoms with Gasteiger partial charge in [-0.25, -0.2) is 9.13 Å². The number of hydrogen-bond acceptors (Lipinski definition) is 15. The van der Waals surface area contributed by atoms with Crippen LogP contribution in [-0.2, 0) is 65.4 Å². The van der Waals surface area contributed by atoms with Gasteiger partial charge in [0.15, 0.2) is 12.2 Å².